The predicted molar refractivity (Wildman–Crippen MR) is 63.0 cm³/mol. The molecule has 16 heavy (non-hydrogen) atoms. The lowest BCUT2D eigenvalue weighted by atomic mass is 10.1. The van der Waals surface area contributed by atoms with E-state index < -0.39 is 0 Å². The average molecular weight is 239 g/mol. The molecule has 1 amide bonds. The van der Waals surface area contributed by atoms with E-state index in [0.29, 0.717) is 21.5 Å². The Balaban J connectivity index is 2.86. The number of phenols is 1. The summed E-state index contributed by atoms with van der Waals surface area (Å²) in [4.78, 5) is 11.7. The van der Waals surface area contributed by atoms with E-state index in [4.69, 9.17) is 11.6 Å². The Kier molecular flexibility index (Phi) is 2.52. The number of rotatable bonds is 1. The molecule has 1 heterocycles. The molecule has 0 aliphatic carbocycles. The Morgan fingerprint density at radius 1 is 1.50 bits per heavy atom. The van der Waals surface area contributed by atoms with Crippen LogP contribution in [-0.2, 0) is 7.05 Å². The molecule has 0 fully saturated rings. The number of nitrogens with one attached hydrogen (secondary N) is 1. The third-order valence-electron chi connectivity index (χ3n) is 2.48. The molecule has 0 aliphatic rings. The zero-order valence-corrected chi connectivity index (χ0v) is 9.67. The van der Waals surface area contributed by atoms with Crippen LogP contribution in [0.2, 0.25) is 5.02 Å². The maximum absolute atomic E-state index is 11.7. The molecule has 1 aromatic carbocycles. The van der Waals surface area contributed by atoms with Crippen LogP contribution < -0.4 is 5.32 Å². The smallest absolute Gasteiger partial charge is 0.253 e. The number of nitrogens with zero attached hydrogens (tertiary/aromatic N) is 1. The van der Waals surface area contributed by atoms with Crippen molar-refractivity contribution in [2.45, 2.75) is 0 Å². The fraction of sp³-hybridized carbons (Fsp3) is 0.182. The number of phenolic OH excluding ortho intramolecular Hbond substituents is 1. The van der Waals surface area contributed by atoms with E-state index in [1.54, 1.807) is 30.9 Å². The standard InChI is InChI=1S/C11H11ClN2O2/c1-13-11(16)8-4-6(15)3-7-9(12)5-14(2)10(7)8/h3-5,15H,1-2H3,(H,13,16). The number of fused-ring (bicyclic) bond motifs is 1. The summed E-state index contributed by atoms with van der Waals surface area (Å²) in [7, 11) is 3.35. The molecule has 5 heteroatoms. The van der Waals surface area contributed by atoms with E-state index in [-0.39, 0.29) is 11.7 Å². The molecule has 0 saturated carbocycles. The van der Waals surface area contributed by atoms with Crippen LogP contribution in [0, 0.1) is 0 Å². The molecule has 2 aromatic rings. The Hall–Kier alpha value is -1.68. The number of amides is 1. The molecule has 84 valence electrons. The summed E-state index contributed by atoms with van der Waals surface area (Å²) in [5.74, 6) is -0.224. The number of aromatic nitrogens is 1. The molecule has 1 aromatic heterocycles. The first-order chi connectivity index (χ1) is 7.54. The predicted octanol–water partition coefficient (Wildman–Crippen LogP) is 1.90. The van der Waals surface area contributed by atoms with Crippen LogP contribution in [0.4, 0.5) is 0 Å². The highest BCUT2D eigenvalue weighted by molar-refractivity contribution is 6.36. The highest BCUT2D eigenvalue weighted by atomic mass is 35.5. The quantitative estimate of drug-likeness (QED) is 0.797. The lowest BCUT2D eigenvalue weighted by Crippen LogP contribution is -2.18. The SMILES string of the molecule is CNC(=O)c1cc(O)cc2c(Cl)cn(C)c12. The van der Waals surface area contributed by atoms with Crippen LogP contribution in [0.15, 0.2) is 18.3 Å². The van der Waals surface area contributed by atoms with Gasteiger partial charge in [0.05, 0.1) is 16.1 Å². The topological polar surface area (TPSA) is 54.3 Å². The fourth-order valence-corrected chi connectivity index (χ4v) is 2.08. The van der Waals surface area contributed by atoms with Crippen molar-refractivity contribution in [2.24, 2.45) is 7.05 Å². The second-order valence-corrected chi connectivity index (χ2v) is 3.96. The van der Waals surface area contributed by atoms with Gasteiger partial charge in [0.2, 0.25) is 0 Å². The largest absolute Gasteiger partial charge is 0.508 e. The molecule has 0 bridgehead atoms. The first-order valence-corrected chi connectivity index (χ1v) is 5.12. The number of hydrogen-bond acceptors (Lipinski definition) is 2. The van der Waals surface area contributed by atoms with Gasteiger partial charge in [-0.25, -0.2) is 0 Å². The molecule has 0 atom stereocenters. The Bertz CT molecular complexity index is 575. The number of halogens is 1. The minimum absolute atomic E-state index is 0.0270. The van der Waals surface area contributed by atoms with Gasteiger partial charge in [0.1, 0.15) is 5.75 Å². The third kappa shape index (κ3) is 1.51. The summed E-state index contributed by atoms with van der Waals surface area (Å²) in [6, 6.07) is 2.97. The molecule has 2 rings (SSSR count). The van der Waals surface area contributed by atoms with Crippen LogP contribution >= 0.6 is 11.6 Å². The van der Waals surface area contributed by atoms with Gasteiger partial charge in [-0.3, -0.25) is 4.79 Å². The molecule has 0 saturated heterocycles. The molecule has 2 N–H and O–H groups in total. The van der Waals surface area contributed by atoms with Gasteiger partial charge in [0.15, 0.2) is 0 Å². The lowest BCUT2D eigenvalue weighted by molar-refractivity contribution is 0.0964. The van der Waals surface area contributed by atoms with Gasteiger partial charge >= 0.3 is 0 Å². The van der Waals surface area contributed by atoms with Crippen molar-refractivity contribution in [2.75, 3.05) is 7.05 Å². The van der Waals surface area contributed by atoms with E-state index in [1.807, 2.05) is 0 Å². The van der Waals surface area contributed by atoms with E-state index in [0.717, 1.165) is 0 Å². The molecule has 0 spiro atoms. The molecular formula is C11H11ClN2O2. The van der Waals surface area contributed by atoms with Gasteiger partial charge in [-0.15, -0.1) is 0 Å². The summed E-state index contributed by atoms with van der Waals surface area (Å²) < 4.78 is 1.77. The fourth-order valence-electron chi connectivity index (χ4n) is 1.79. The van der Waals surface area contributed by atoms with E-state index in [2.05, 4.69) is 5.32 Å². The number of carbonyl (C=O) groups is 1. The van der Waals surface area contributed by atoms with Gasteiger partial charge in [-0.05, 0) is 12.1 Å². The third-order valence-corrected chi connectivity index (χ3v) is 2.78. The van der Waals surface area contributed by atoms with E-state index >= 15 is 0 Å². The van der Waals surface area contributed by atoms with Crippen LogP contribution in [0.3, 0.4) is 0 Å². The van der Waals surface area contributed by atoms with Crippen molar-refractivity contribution in [1.82, 2.24) is 9.88 Å². The first kappa shape index (κ1) is 10.8. The van der Waals surface area contributed by atoms with Crippen LogP contribution in [0.1, 0.15) is 10.4 Å². The van der Waals surface area contributed by atoms with Crippen molar-refractivity contribution < 1.29 is 9.90 Å². The number of hydrogen-bond donors (Lipinski definition) is 2. The number of carbonyl (C=O) groups excluding carboxylic acids is 1. The Morgan fingerprint density at radius 2 is 2.19 bits per heavy atom. The second kappa shape index (κ2) is 3.72. The average Bonchev–Trinajstić information content (AvgIpc) is 2.52. The zero-order valence-electron chi connectivity index (χ0n) is 8.91. The zero-order chi connectivity index (χ0) is 11.9. The minimum Gasteiger partial charge on any atom is -0.508 e. The summed E-state index contributed by atoms with van der Waals surface area (Å²) in [5, 5.41) is 13.3. The lowest BCUT2D eigenvalue weighted by Gasteiger charge is -2.05. The Morgan fingerprint density at radius 3 is 2.81 bits per heavy atom. The molecular weight excluding hydrogens is 228 g/mol. The normalized spacial score (nSPS) is 10.7. The van der Waals surface area contributed by atoms with Gasteiger partial charge < -0.3 is 15.0 Å². The maximum Gasteiger partial charge on any atom is 0.253 e. The highest BCUT2D eigenvalue weighted by Crippen LogP contribution is 2.31. The van der Waals surface area contributed by atoms with Crippen LogP contribution in [0.5, 0.6) is 5.75 Å². The first-order valence-electron chi connectivity index (χ1n) is 4.74. The highest BCUT2D eigenvalue weighted by Gasteiger charge is 2.15. The van der Waals surface area contributed by atoms with Crippen molar-refractivity contribution >= 4 is 28.4 Å². The van der Waals surface area contributed by atoms with Gasteiger partial charge in [-0.1, -0.05) is 11.6 Å². The summed E-state index contributed by atoms with van der Waals surface area (Å²) in [5.41, 5.74) is 1.12. The summed E-state index contributed by atoms with van der Waals surface area (Å²) in [6.45, 7) is 0. The van der Waals surface area contributed by atoms with Crippen LogP contribution in [0.25, 0.3) is 10.9 Å². The number of benzene rings is 1. The van der Waals surface area contributed by atoms with Gasteiger partial charge in [-0.2, -0.15) is 0 Å². The minimum atomic E-state index is -0.251. The van der Waals surface area contributed by atoms with Crippen LogP contribution in [-0.4, -0.2) is 22.6 Å². The maximum atomic E-state index is 11.7. The monoisotopic (exact) mass is 238 g/mol. The van der Waals surface area contributed by atoms with Crippen molar-refractivity contribution in [3.8, 4) is 5.75 Å². The summed E-state index contributed by atoms with van der Waals surface area (Å²) in [6.07, 6.45) is 1.71. The van der Waals surface area contributed by atoms with E-state index in [9.17, 15) is 9.90 Å². The number of aromatic hydroxyl groups is 1. The van der Waals surface area contributed by atoms with Crippen molar-refractivity contribution in [3.63, 3.8) is 0 Å². The number of aryl methyl sites for hydroxylation is 1. The van der Waals surface area contributed by atoms with Gasteiger partial charge in [0, 0.05) is 25.7 Å². The van der Waals surface area contributed by atoms with Gasteiger partial charge in [0.25, 0.3) is 5.91 Å². The van der Waals surface area contributed by atoms with Crippen molar-refractivity contribution in [1.29, 1.82) is 0 Å². The molecule has 4 nitrogen and oxygen atoms in total. The van der Waals surface area contributed by atoms with Crippen molar-refractivity contribution in [3.05, 3.63) is 28.9 Å². The second-order valence-electron chi connectivity index (χ2n) is 3.56. The molecule has 0 radical (unpaired) electrons. The Labute approximate surface area is 97.4 Å². The summed E-state index contributed by atoms with van der Waals surface area (Å²) >= 11 is 6.01. The van der Waals surface area contributed by atoms with E-state index in [1.165, 1.54) is 6.07 Å². The molecule has 0 unspecified atom stereocenters. The molecule has 0 aliphatic heterocycles.